The zero-order chi connectivity index (χ0) is 17.4. The molecule has 0 radical (unpaired) electrons. The van der Waals surface area contributed by atoms with Crippen LogP contribution in [0.5, 0.6) is 0 Å². The Kier molecular flexibility index (Phi) is 6.73. The first-order valence-corrected chi connectivity index (χ1v) is 8.59. The third-order valence-electron chi connectivity index (χ3n) is 3.78. The molecule has 24 heavy (non-hydrogen) atoms. The van der Waals surface area contributed by atoms with E-state index in [-0.39, 0.29) is 5.91 Å². The van der Waals surface area contributed by atoms with Crippen LogP contribution in [-0.4, -0.2) is 22.4 Å². The Bertz CT molecular complexity index is 670. The molecule has 0 saturated carbocycles. The van der Waals surface area contributed by atoms with E-state index in [0.29, 0.717) is 17.6 Å². The minimum Gasteiger partial charge on any atom is -0.354 e. The number of para-hydroxylation sites is 1. The summed E-state index contributed by atoms with van der Waals surface area (Å²) in [6.45, 7) is 7.19. The van der Waals surface area contributed by atoms with Gasteiger partial charge in [0.05, 0.1) is 0 Å². The summed E-state index contributed by atoms with van der Waals surface area (Å²) in [5, 5.41) is 6.12. The fourth-order valence-electron chi connectivity index (χ4n) is 2.45. The molecular formula is C19H26N4O. The lowest BCUT2D eigenvalue weighted by Gasteiger charge is -2.13. The Hall–Kier alpha value is -2.43. The zero-order valence-corrected chi connectivity index (χ0v) is 14.7. The summed E-state index contributed by atoms with van der Waals surface area (Å²) in [7, 11) is 0. The molecular weight excluding hydrogens is 300 g/mol. The van der Waals surface area contributed by atoms with Crippen molar-refractivity contribution in [1.29, 1.82) is 0 Å². The average Bonchev–Trinajstić information content (AvgIpc) is 2.59. The van der Waals surface area contributed by atoms with Crippen molar-refractivity contribution in [2.24, 2.45) is 0 Å². The predicted octanol–water partition coefficient (Wildman–Crippen LogP) is 4.45. The zero-order valence-electron chi connectivity index (χ0n) is 14.7. The number of aromatic nitrogens is 2. The Morgan fingerprint density at radius 2 is 1.96 bits per heavy atom. The Morgan fingerprint density at radius 1 is 1.17 bits per heavy atom. The first-order chi connectivity index (χ1) is 11.6. The van der Waals surface area contributed by atoms with Gasteiger partial charge in [-0.25, -0.2) is 9.97 Å². The topological polar surface area (TPSA) is 66.9 Å². The quantitative estimate of drug-likeness (QED) is 0.703. The van der Waals surface area contributed by atoms with E-state index in [9.17, 15) is 4.79 Å². The normalized spacial score (nSPS) is 10.7. The number of hydrogen-bond acceptors (Lipinski definition) is 4. The van der Waals surface area contributed by atoms with Crippen LogP contribution >= 0.6 is 0 Å². The molecule has 0 bridgehead atoms. The van der Waals surface area contributed by atoms with E-state index < -0.39 is 0 Å². The number of anilines is 2. The van der Waals surface area contributed by atoms with Crippen LogP contribution in [0.15, 0.2) is 36.5 Å². The molecule has 0 saturated heterocycles. The fraction of sp³-hybridized carbons (Fsp3) is 0.421. The fourth-order valence-corrected chi connectivity index (χ4v) is 2.45. The van der Waals surface area contributed by atoms with Crippen molar-refractivity contribution in [3.8, 4) is 0 Å². The maximum atomic E-state index is 12.5. The highest BCUT2D eigenvalue weighted by molar-refractivity contribution is 6.03. The van der Waals surface area contributed by atoms with Gasteiger partial charge in [-0.05, 0) is 30.0 Å². The van der Waals surface area contributed by atoms with Gasteiger partial charge in [0.25, 0.3) is 5.91 Å². The highest BCUT2D eigenvalue weighted by atomic mass is 16.1. The molecule has 5 heteroatoms. The molecule has 128 valence electrons. The van der Waals surface area contributed by atoms with Gasteiger partial charge in [-0.3, -0.25) is 4.79 Å². The van der Waals surface area contributed by atoms with E-state index in [2.05, 4.69) is 41.4 Å². The molecule has 0 atom stereocenters. The summed E-state index contributed by atoms with van der Waals surface area (Å²) >= 11 is 0. The minimum atomic E-state index is -0.220. The van der Waals surface area contributed by atoms with Crippen molar-refractivity contribution in [2.75, 3.05) is 17.2 Å². The second kappa shape index (κ2) is 9.01. The lowest BCUT2D eigenvalue weighted by atomic mass is 10.0. The number of rotatable bonds is 8. The lowest BCUT2D eigenvalue weighted by molar-refractivity contribution is 0.102. The molecule has 0 spiro atoms. The molecule has 1 aromatic heterocycles. The molecule has 0 unspecified atom stereocenters. The summed E-state index contributed by atoms with van der Waals surface area (Å²) in [6, 6.07) is 9.47. The summed E-state index contributed by atoms with van der Waals surface area (Å²) in [5.74, 6) is 0.612. The van der Waals surface area contributed by atoms with Gasteiger partial charge in [-0.2, -0.15) is 0 Å². The maximum Gasteiger partial charge on any atom is 0.274 e. The van der Waals surface area contributed by atoms with E-state index in [4.69, 9.17) is 0 Å². The highest BCUT2D eigenvalue weighted by Gasteiger charge is 2.12. The van der Waals surface area contributed by atoms with Gasteiger partial charge in [-0.15, -0.1) is 0 Å². The molecule has 1 aromatic carbocycles. The van der Waals surface area contributed by atoms with Gasteiger partial charge < -0.3 is 10.6 Å². The minimum absolute atomic E-state index is 0.220. The predicted molar refractivity (Wildman–Crippen MR) is 98.5 cm³/mol. The number of carbonyl (C=O) groups excluding carboxylic acids is 1. The third-order valence-corrected chi connectivity index (χ3v) is 3.78. The molecule has 0 aliphatic carbocycles. The number of carbonyl (C=O) groups is 1. The monoisotopic (exact) mass is 326 g/mol. The van der Waals surface area contributed by atoms with Gasteiger partial charge in [-0.1, -0.05) is 51.8 Å². The van der Waals surface area contributed by atoms with Gasteiger partial charge in [0, 0.05) is 18.4 Å². The van der Waals surface area contributed by atoms with E-state index in [1.807, 2.05) is 24.3 Å². The van der Waals surface area contributed by atoms with Gasteiger partial charge in [0.15, 0.2) is 0 Å². The smallest absolute Gasteiger partial charge is 0.274 e. The van der Waals surface area contributed by atoms with Crippen molar-refractivity contribution >= 4 is 17.5 Å². The summed E-state index contributed by atoms with van der Waals surface area (Å²) < 4.78 is 0. The number of hydrogen-bond donors (Lipinski definition) is 2. The van der Waals surface area contributed by atoms with Crippen LogP contribution in [0.1, 0.15) is 62.0 Å². The molecule has 5 nitrogen and oxygen atoms in total. The van der Waals surface area contributed by atoms with Crippen LogP contribution in [-0.2, 0) is 0 Å². The van der Waals surface area contributed by atoms with Gasteiger partial charge in [0.1, 0.15) is 5.69 Å². The summed E-state index contributed by atoms with van der Waals surface area (Å²) in [4.78, 5) is 21.0. The average molecular weight is 326 g/mol. The van der Waals surface area contributed by atoms with Crippen LogP contribution in [0.2, 0.25) is 0 Å². The first-order valence-electron chi connectivity index (χ1n) is 8.59. The summed E-state index contributed by atoms with van der Waals surface area (Å²) in [6.07, 6.45) is 5.01. The van der Waals surface area contributed by atoms with Crippen LogP contribution < -0.4 is 10.6 Å². The Morgan fingerprint density at radius 3 is 2.71 bits per heavy atom. The van der Waals surface area contributed by atoms with E-state index in [1.165, 1.54) is 12.8 Å². The van der Waals surface area contributed by atoms with Crippen molar-refractivity contribution in [1.82, 2.24) is 9.97 Å². The lowest BCUT2D eigenvalue weighted by Crippen LogP contribution is -2.16. The molecule has 0 aliphatic rings. The van der Waals surface area contributed by atoms with Crippen LogP contribution in [0, 0.1) is 0 Å². The largest absolute Gasteiger partial charge is 0.354 e. The van der Waals surface area contributed by atoms with E-state index in [1.54, 1.807) is 12.3 Å². The van der Waals surface area contributed by atoms with Crippen molar-refractivity contribution in [3.63, 3.8) is 0 Å². The third kappa shape index (κ3) is 5.05. The SMILES string of the molecule is CCCCCNc1nccc(C(=O)Nc2ccccc2C(C)C)n1. The summed E-state index contributed by atoms with van der Waals surface area (Å²) in [5.41, 5.74) is 2.30. The van der Waals surface area contributed by atoms with Crippen molar-refractivity contribution in [2.45, 2.75) is 46.0 Å². The standard InChI is InChI=1S/C19H26N4O/c1-4-5-8-12-20-19-21-13-11-17(23-19)18(24)22-16-10-7-6-9-15(16)14(2)3/h6-7,9-11,13-14H,4-5,8,12H2,1-3H3,(H,22,24)(H,20,21,23). The molecule has 2 aromatic rings. The molecule has 0 fully saturated rings. The number of amides is 1. The highest BCUT2D eigenvalue weighted by Crippen LogP contribution is 2.24. The number of nitrogens with zero attached hydrogens (tertiary/aromatic N) is 2. The second-order valence-corrected chi connectivity index (χ2v) is 6.10. The molecule has 2 rings (SSSR count). The maximum absolute atomic E-state index is 12.5. The molecule has 1 heterocycles. The first kappa shape index (κ1) is 17.9. The molecule has 2 N–H and O–H groups in total. The second-order valence-electron chi connectivity index (χ2n) is 6.10. The van der Waals surface area contributed by atoms with Crippen LogP contribution in [0.4, 0.5) is 11.6 Å². The molecule has 0 aliphatic heterocycles. The van der Waals surface area contributed by atoms with Crippen molar-refractivity contribution < 1.29 is 4.79 Å². The van der Waals surface area contributed by atoms with Gasteiger partial charge >= 0.3 is 0 Å². The van der Waals surface area contributed by atoms with Crippen LogP contribution in [0.25, 0.3) is 0 Å². The number of nitrogens with one attached hydrogen (secondary N) is 2. The Labute approximate surface area is 143 Å². The van der Waals surface area contributed by atoms with Crippen molar-refractivity contribution in [3.05, 3.63) is 47.8 Å². The Balaban J connectivity index is 2.05. The van der Waals surface area contributed by atoms with Crippen LogP contribution in [0.3, 0.4) is 0 Å². The van der Waals surface area contributed by atoms with E-state index in [0.717, 1.165) is 24.2 Å². The number of benzene rings is 1. The number of unbranched alkanes of at least 4 members (excludes halogenated alkanes) is 2. The molecule has 1 amide bonds. The van der Waals surface area contributed by atoms with E-state index >= 15 is 0 Å². The van der Waals surface area contributed by atoms with Gasteiger partial charge in [0.2, 0.25) is 5.95 Å².